The molecule has 21 heavy (non-hydrogen) atoms. The summed E-state index contributed by atoms with van der Waals surface area (Å²) in [6.45, 7) is 2.00. The zero-order valence-corrected chi connectivity index (χ0v) is 12.2. The Balaban J connectivity index is 1.39. The summed E-state index contributed by atoms with van der Waals surface area (Å²) < 4.78 is 5.33. The minimum Gasteiger partial charge on any atom is -0.469 e. The molecule has 2 atom stereocenters. The maximum absolute atomic E-state index is 12.0. The molecule has 114 valence electrons. The average Bonchev–Trinajstić information content (AvgIpc) is 3.16. The van der Waals surface area contributed by atoms with Gasteiger partial charge in [-0.25, -0.2) is 0 Å². The van der Waals surface area contributed by atoms with Gasteiger partial charge in [0.1, 0.15) is 5.76 Å². The van der Waals surface area contributed by atoms with Crippen molar-refractivity contribution >= 4 is 11.8 Å². The molecular weight excluding hydrogens is 268 g/mol. The fourth-order valence-corrected chi connectivity index (χ4v) is 3.02. The monoisotopic (exact) mass is 290 g/mol. The molecular formula is C16H22N2O3. The van der Waals surface area contributed by atoms with Gasteiger partial charge in [-0.1, -0.05) is 6.42 Å². The fraction of sp³-hybridized carbons (Fsp3) is 0.625. The van der Waals surface area contributed by atoms with Crippen molar-refractivity contribution in [2.75, 3.05) is 19.6 Å². The van der Waals surface area contributed by atoms with Gasteiger partial charge < -0.3 is 14.6 Å². The quantitative estimate of drug-likeness (QED) is 0.901. The lowest BCUT2D eigenvalue weighted by Gasteiger charge is -2.20. The van der Waals surface area contributed by atoms with E-state index in [9.17, 15) is 9.59 Å². The first-order chi connectivity index (χ1) is 10.3. The van der Waals surface area contributed by atoms with Crippen molar-refractivity contribution in [3.05, 3.63) is 24.2 Å². The number of amides is 2. The van der Waals surface area contributed by atoms with E-state index in [1.165, 1.54) is 0 Å². The van der Waals surface area contributed by atoms with Crippen molar-refractivity contribution in [2.45, 2.75) is 38.0 Å². The smallest absolute Gasteiger partial charge is 0.223 e. The minimum absolute atomic E-state index is 0.0379. The number of hydrogen-bond donors (Lipinski definition) is 1. The van der Waals surface area contributed by atoms with Gasteiger partial charge in [0, 0.05) is 37.9 Å². The van der Waals surface area contributed by atoms with Crippen molar-refractivity contribution in [3.63, 3.8) is 0 Å². The highest BCUT2D eigenvalue weighted by Crippen LogP contribution is 2.47. The minimum atomic E-state index is 0.0379. The first kappa shape index (κ1) is 14.2. The van der Waals surface area contributed by atoms with E-state index in [1.54, 1.807) is 6.26 Å². The Hall–Kier alpha value is -1.78. The SMILES string of the molecule is O=C(NCCN1CCCCCC1=O)[C@H]1C[C@H]1c1ccco1. The van der Waals surface area contributed by atoms with Gasteiger partial charge in [-0.2, -0.15) is 0 Å². The maximum atomic E-state index is 12.0. The molecule has 1 aliphatic carbocycles. The molecule has 0 bridgehead atoms. The molecule has 3 rings (SSSR count). The number of hydrogen-bond acceptors (Lipinski definition) is 3. The molecule has 0 spiro atoms. The molecule has 0 aromatic carbocycles. The van der Waals surface area contributed by atoms with E-state index in [0.717, 1.165) is 38.0 Å². The molecule has 1 saturated heterocycles. The molecule has 1 aromatic rings. The van der Waals surface area contributed by atoms with Crippen LogP contribution in [0, 0.1) is 5.92 Å². The van der Waals surface area contributed by atoms with E-state index in [1.807, 2.05) is 17.0 Å². The van der Waals surface area contributed by atoms with Crippen LogP contribution in [0.5, 0.6) is 0 Å². The maximum Gasteiger partial charge on any atom is 0.223 e. The van der Waals surface area contributed by atoms with Gasteiger partial charge >= 0.3 is 0 Å². The van der Waals surface area contributed by atoms with Crippen molar-refractivity contribution in [1.82, 2.24) is 10.2 Å². The molecule has 0 unspecified atom stereocenters. The lowest BCUT2D eigenvalue weighted by atomic mass is 10.2. The number of rotatable bonds is 5. The van der Waals surface area contributed by atoms with Crippen LogP contribution in [-0.4, -0.2) is 36.3 Å². The number of carbonyl (C=O) groups is 2. The highest BCUT2D eigenvalue weighted by molar-refractivity contribution is 5.82. The Morgan fingerprint density at radius 3 is 3.10 bits per heavy atom. The number of nitrogens with one attached hydrogen (secondary N) is 1. The first-order valence-corrected chi connectivity index (χ1v) is 7.84. The normalized spacial score (nSPS) is 25.5. The van der Waals surface area contributed by atoms with Gasteiger partial charge in [-0.15, -0.1) is 0 Å². The van der Waals surface area contributed by atoms with Gasteiger partial charge in [0.15, 0.2) is 0 Å². The standard InChI is InChI=1S/C16H22N2O3/c19-15-6-2-1-3-8-18(15)9-7-17-16(20)13-11-12(13)14-5-4-10-21-14/h4-5,10,12-13H,1-3,6-9,11H2,(H,17,20)/t12-,13+/m1/s1. The molecule has 2 amide bonds. The van der Waals surface area contributed by atoms with Crippen LogP contribution in [0.15, 0.2) is 22.8 Å². The summed E-state index contributed by atoms with van der Waals surface area (Å²) in [6.07, 6.45) is 6.35. The van der Waals surface area contributed by atoms with Crippen molar-refractivity contribution in [3.8, 4) is 0 Å². The zero-order valence-electron chi connectivity index (χ0n) is 12.2. The third kappa shape index (κ3) is 3.46. The summed E-state index contributed by atoms with van der Waals surface area (Å²) in [5, 5.41) is 2.95. The van der Waals surface area contributed by atoms with Gasteiger partial charge in [0.05, 0.1) is 6.26 Å². The Morgan fingerprint density at radius 2 is 2.29 bits per heavy atom. The molecule has 2 aliphatic rings. The molecule has 1 saturated carbocycles. The second-order valence-electron chi connectivity index (χ2n) is 5.95. The predicted octanol–water partition coefficient (Wildman–Crippen LogP) is 1.90. The highest BCUT2D eigenvalue weighted by atomic mass is 16.3. The van der Waals surface area contributed by atoms with Crippen LogP contribution < -0.4 is 5.32 Å². The zero-order chi connectivity index (χ0) is 14.7. The van der Waals surface area contributed by atoms with E-state index < -0.39 is 0 Å². The van der Waals surface area contributed by atoms with Crippen LogP contribution in [0.4, 0.5) is 0 Å². The first-order valence-electron chi connectivity index (χ1n) is 7.84. The second-order valence-corrected chi connectivity index (χ2v) is 5.95. The highest BCUT2D eigenvalue weighted by Gasteiger charge is 2.45. The van der Waals surface area contributed by atoms with Crippen LogP contribution in [0.25, 0.3) is 0 Å². The Bertz CT molecular complexity index is 498. The summed E-state index contributed by atoms with van der Waals surface area (Å²) in [6, 6.07) is 3.78. The van der Waals surface area contributed by atoms with E-state index in [2.05, 4.69) is 5.32 Å². The summed E-state index contributed by atoms with van der Waals surface area (Å²) in [7, 11) is 0. The summed E-state index contributed by atoms with van der Waals surface area (Å²) in [5.74, 6) is 1.48. The lowest BCUT2D eigenvalue weighted by molar-refractivity contribution is -0.131. The van der Waals surface area contributed by atoms with E-state index in [-0.39, 0.29) is 23.7 Å². The van der Waals surface area contributed by atoms with Crippen LogP contribution in [0.2, 0.25) is 0 Å². The summed E-state index contributed by atoms with van der Waals surface area (Å²) >= 11 is 0. The van der Waals surface area contributed by atoms with Crippen molar-refractivity contribution in [1.29, 1.82) is 0 Å². The third-order valence-corrected chi connectivity index (χ3v) is 4.39. The topological polar surface area (TPSA) is 62.6 Å². The number of nitrogens with zero attached hydrogens (tertiary/aromatic N) is 1. The molecule has 5 nitrogen and oxygen atoms in total. The van der Waals surface area contributed by atoms with Crippen molar-refractivity contribution < 1.29 is 14.0 Å². The van der Waals surface area contributed by atoms with Gasteiger partial charge in [-0.05, 0) is 31.4 Å². The van der Waals surface area contributed by atoms with Gasteiger partial charge in [-0.3, -0.25) is 9.59 Å². The molecule has 2 heterocycles. The summed E-state index contributed by atoms with van der Waals surface area (Å²) in [5.41, 5.74) is 0. The molecule has 1 N–H and O–H groups in total. The Kier molecular flexibility index (Phi) is 4.27. The number of likely N-dealkylation sites (tertiary alicyclic amines) is 1. The summed E-state index contributed by atoms with van der Waals surface area (Å²) in [4.78, 5) is 25.8. The number of furan rings is 1. The molecule has 1 aromatic heterocycles. The molecule has 5 heteroatoms. The number of carbonyl (C=O) groups excluding carboxylic acids is 2. The van der Waals surface area contributed by atoms with Crippen molar-refractivity contribution in [2.24, 2.45) is 5.92 Å². The van der Waals surface area contributed by atoms with Gasteiger partial charge in [0.2, 0.25) is 11.8 Å². The Labute approximate surface area is 124 Å². The van der Waals surface area contributed by atoms with Gasteiger partial charge in [0.25, 0.3) is 0 Å². The van der Waals surface area contributed by atoms with E-state index >= 15 is 0 Å². The van der Waals surface area contributed by atoms with E-state index in [4.69, 9.17) is 4.42 Å². The van der Waals surface area contributed by atoms with E-state index in [0.29, 0.717) is 19.5 Å². The third-order valence-electron chi connectivity index (χ3n) is 4.39. The van der Waals surface area contributed by atoms with Crippen LogP contribution in [0.1, 0.15) is 43.8 Å². The molecule has 2 fully saturated rings. The Morgan fingerprint density at radius 1 is 1.38 bits per heavy atom. The average molecular weight is 290 g/mol. The van der Waals surface area contributed by atoms with Crippen LogP contribution in [0.3, 0.4) is 0 Å². The predicted molar refractivity (Wildman–Crippen MR) is 77.6 cm³/mol. The van der Waals surface area contributed by atoms with Crippen LogP contribution in [-0.2, 0) is 9.59 Å². The largest absolute Gasteiger partial charge is 0.469 e. The lowest BCUT2D eigenvalue weighted by Crippen LogP contribution is -2.38. The molecule has 1 aliphatic heterocycles. The second kappa shape index (κ2) is 6.33. The molecule has 0 radical (unpaired) electrons. The fourth-order valence-electron chi connectivity index (χ4n) is 3.02. The van der Waals surface area contributed by atoms with Crippen LogP contribution >= 0.6 is 0 Å².